The zero-order valence-electron chi connectivity index (χ0n) is 18.9. The maximum Gasteiger partial charge on any atom is 0.257 e. The molecule has 3 rings (SSSR count). The van der Waals surface area contributed by atoms with Crippen LogP contribution in [0.25, 0.3) is 0 Å². The maximum atomic E-state index is 13.1. The number of carbonyl (C=O) groups excluding carboxylic acids is 2. The summed E-state index contributed by atoms with van der Waals surface area (Å²) in [5, 5.41) is 0. The van der Waals surface area contributed by atoms with Crippen LogP contribution in [0.1, 0.15) is 28.8 Å². The predicted octanol–water partition coefficient (Wildman–Crippen LogP) is 3.03. The average molecular weight is 441 g/mol. The molecule has 1 saturated heterocycles. The topological polar surface area (TPSA) is 68.3 Å². The molecule has 0 N–H and O–H groups in total. The molecule has 2 aromatic carbocycles. The van der Waals surface area contributed by atoms with Crippen LogP contribution in [0, 0.1) is 0 Å². The Hall–Kier alpha value is -3.06. The van der Waals surface area contributed by atoms with Crippen molar-refractivity contribution in [2.45, 2.75) is 19.3 Å². The maximum absolute atomic E-state index is 13.1. The van der Waals surface area contributed by atoms with E-state index in [1.54, 1.807) is 26.4 Å². The second-order valence-corrected chi connectivity index (χ2v) is 7.71. The highest BCUT2D eigenvalue weighted by Crippen LogP contribution is 2.21. The molecule has 0 spiro atoms. The Morgan fingerprint density at radius 2 is 1.59 bits per heavy atom. The van der Waals surface area contributed by atoms with E-state index < -0.39 is 0 Å². The fraction of sp³-hybridized carbons (Fsp3) is 0.440. The van der Waals surface area contributed by atoms with Gasteiger partial charge in [0.2, 0.25) is 5.91 Å². The van der Waals surface area contributed by atoms with Crippen molar-refractivity contribution < 1.29 is 23.8 Å². The van der Waals surface area contributed by atoms with Crippen LogP contribution in [0.4, 0.5) is 0 Å². The number of methoxy groups -OCH3 is 2. The van der Waals surface area contributed by atoms with E-state index in [1.807, 2.05) is 46.2 Å². The molecule has 0 saturated carbocycles. The molecule has 0 radical (unpaired) electrons. The van der Waals surface area contributed by atoms with Crippen molar-refractivity contribution in [1.29, 1.82) is 0 Å². The summed E-state index contributed by atoms with van der Waals surface area (Å²) in [6, 6.07) is 15.1. The Bertz CT molecular complexity index is 884. The molecule has 2 aromatic rings. The van der Waals surface area contributed by atoms with Gasteiger partial charge in [0.15, 0.2) is 0 Å². The van der Waals surface area contributed by atoms with E-state index in [2.05, 4.69) is 0 Å². The Balaban J connectivity index is 1.54. The molecule has 2 amide bonds. The summed E-state index contributed by atoms with van der Waals surface area (Å²) in [6.45, 7) is 3.18. The van der Waals surface area contributed by atoms with Gasteiger partial charge in [0, 0.05) is 39.7 Å². The minimum absolute atomic E-state index is 0.0643. The van der Waals surface area contributed by atoms with Crippen molar-refractivity contribution in [1.82, 2.24) is 9.80 Å². The first-order valence-corrected chi connectivity index (χ1v) is 11.0. The van der Waals surface area contributed by atoms with Crippen LogP contribution in [-0.4, -0.2) is 75.2 Å². The molecule has 0 atom stereocenters. The number of para-hydroxylation sites is 1. The van der Waals surface area contributed by atoms with Crippen molar-refractivity contribution in [3.8, 4) is 11.5 Å². The molecule has 32 heavy (non-hydrogen) atoms. The molecule has 0 bridgehead atoms. The third kappa shape index (κ3) is 6.47. The molecule has 0 unspecified atom stereocenters. The van der Waals surface area contributed by atoms with Crippen LogP contribution in [0.3, 0.4) is 0 Å². The molecule has 172 valence electrons. The summed E-state index contributed by atoms with van der Waals surface area (Å²) >= 11 is 0. The minimum atomic E-state index is -0.0643. The van der Waals surface area contributed by atoms with Crippen LogP contribution in [-0.2, 0) is 16.0 Å². The van der Waals surface area contributed by atoms with Crippen LogP contribution >= 0.6 is 0 Å². The summed E-state index contributed by atoms with van der Waals surface area (Å²) in [7, 11) is 3.25. The van der Waals surface area contributed by atoms with Crippen molar-refractivity contribution in [2.75, 3.05) is 53.6 Å². The van der Waals surface area contributed by atoms with E-state index in [1.165, 1.54) is 0 Å². The lowest BCUT2D eigenvalue weighted by molar-refractivity contribution is -0.131. The lowest BCUT2D eigenvalue weighted by atomic mass is 10.1. The van der Waals surface area contributed by atoms with Crippen LogP contribution in [0.2, 0.25) is 0 Å². The number of ether oxygens (including phenoxy) is 3. The number of carbonyl (C=O) groups is 2. The Morgan fingerprint density at radius 1 is 0.875 bits per heavy atom. The molecule has 0 aromatic heterocycles. The first kappa shape index (κ1) is 23.6. The predicted molar refractivity (Wildman–Crippen MR) is 122 cm³/mol. The third-order valence-electron chi connectivity index (χ3n) is 5.58. The lowest BCUT2D eigenvalue weighted by Gasteiger charge is -2.23. The molecule has 7 nitrogen and oxygen atoms in total. The highest BCUT2D eigenvalue weighted by molar-refractivity contribution is 5.97. The van der Waals surface area contributed by atoms with Gasteiger partial charge in [0.25, 0.3) is 5.91 Å². The van der Waals surface area contributed by atoms with Crippen molar-refractivity contribution in [2.24, 2.45) is 0 Å². The Morgan fingerprint density at radius 3 is 2.34 bits per heavy atom. The smallest absolute Gasteiger partial charge is 0.257 e. The third-order valence-corrected chi connectivity index (χ3v) is 5.58. The lowest BCUT2D eigenvalue weighted by Crippen LogP contribution is -2.37. The van der Waals surface area contributed by atoms with Gasteiger partial charge in [-0.05, 0) is 42.7 Å². The highest BCUT2D eigenvalue weighted by Gasteiger charge is 2.24. The second-order valence-electron chi connectivity index (χ2n) is 7.71. The van der Waals surface area contributed by atoms with Gasteiger partial charge in [-0.25, -0.2) is 0 Å². The SMILES string of the molecule is COCCOc1ccccc1C(=O)N1CCCN(C(=O)CCc2ccc(OC)cc2)CC1. The van der Waals surface area contributed by atoms with Crippen LogP contribution in [0.15, 0.2) is 48.5 Å². The van der Waals surface area contributed by atoms with Crippen molar-refractivity contribution in [3.63, 3.8) is 0 Å². The second kappa shape index (κ2) is 12.1. The Kier molecular flexibility index (Phi) is 8.92. The van der Waals surface area contributed by atoms with Gasteiger partial charge in [-0.1, -0.05) is 24.3 Å². The molecule has 1 fully saturated rings. The summed E-state index contributed by atoms with van der Waals surface area (Å²) < 4.78 is 15.9. The minimum Gasteiger partial charge on any atom is -0.497 e. The number of benzene rings is 2. The molecule has 1 aliphatic heterocycles. The summed E-state index contributed by atoms with van der Waals surface area (Å²) in [5.74, 6) is 1.43. The zero-order valence-corrected chi connectivity index (χ0v) is 18.9. The fourth-order valence-corrected chi connectivity index (χ4v) is 3.75. The van der Waals surface area contributed by atoms with Gasteiger partial charge in [-0.3, -0.25) is 9.59 Å². The van der Waals surface area contributed by atoms with Crippen molar-refractivity contribution in [3.05, 3.63) is 59.7 Å². The Labute approximate surface area is 189 Å². The summed E-state index contributed by atoms with van der Waals surface area (Å²) in [6.07, 6.45) is 1.90. The van der Waals surface area contributed by atoms with E-state index in [0.717, 1.165) is 17.7 Å². The van der Waals surface area contributed by atoms with E-state index in [4.69, 9.17) is 14.2 Å². The van der Waals surface area contributed by atoms with E-state index >= 15 is 0 Å². The van der Waals surface area contributed by atoms with Gasteiger partial charge >= 0.3 is 0 Å². The highest BCUT2D eigenvalue weighted by atomic mass is 16.5. The fourth-order valence-electron chi connectivity index (χ4n) is 3.75. The summed E-state index contributed by atoms with van der Waals surface area (Å²) in [5.41, 5.74) is 1.65. The normalized spacial score (nSPS) is 14.1. The molecular formula is C25H32N2O5. The zero-order chi connectivity index (χ0) is 22.8. The number of aryl methyl sites for hydroxylation is 1. The number of nitrogens with zero attached hydrogens (tertiary/aromatic N) is 2. The van der Waals surface area contributed by atoms with E-state index in [-0.39, 0.29) is 11.8 Å². The number of hydrogen-bond donors (Lipinski definition) is 0. The first-order valence-electron chi connectivity index (χ1n) is 11.0. The average Bonchev–Trinajstić information content (AvgIpc) is 3.09. The number of amides is 2. The van der Waals surface area contributed by atoms with Crippen LogP contribution in [0.5, 0.6) is 11.5 Å². The van der Waals surface area contributed by atoms with Crippen LogP contribution < -0.4 is 9.47 Å². The molecular weight excluding hydrogens is 408 g/mol. The molecule has 7 heteroatoms. The largest absolute Gasteiger partial charge is 0.497 e. The monoisotopic (exact) mass is 440 g/mol. The summed E-state index contributed by atoms with van der Waals surface area (Å²) in [4.78, 5) is 29.6. The molecule has 1 heterocycles. The van der Waals surface area contributed by atoms with Gasteiger partial charge in [0.05, 0.1) is 19.3 Å². The molecule has 1 aliphatic rings. The van der Waals surface area contributed by atoms with E-state index in [9.17, 15) is 9.59 Å². The van der Waals surface area contributed by atoms with Gasteiger partial charge in [0.1, 0.15) is 18.1 Å². The first-order chi connectivity index (χ1) is 15.6. The number of rotatable bonds is 9. The van der Waals surface area contributed by atoms with Gasteiger partial charge < -0.3 is 24.0 Å². The van der Waals surface area contributed by atoms with Gasteiger partial charge in [-0.15, -0.1) is 0 Å². The van der Waals surface area contributed by atoms with Crippen molar-refractivity contribution >= 4 is 11.8 Å². The molecule has 0 aliphatic carbocycles. The van der Waals surface area contributed by atoms with Gasteiger partial charge in [-0.2, -0.15) is 0 Å². The quantitative estimate of drug-likeness (QED) is 0.561. The van der Waals surface area contributed by atoms with E-state index in [0.29, 0.717) is 63.5 Å². The standard InChI is InChI=1S/C25H32N2O5/c1-30-18-19-32-23-7-4-3-6-22(23)25(29)27-15-5-14-26(16-17-27)24(28)13-10-20-8-11-21(31-2)12-9-20/h3-4,6-9,11-12H,5,10,13-19H2,1-2H3. The number of hydrogen-bond acceptors (Lipinski definition) is 5.